The average Bonchev–Trinajstić information content (AvgIpc) is 2.79. The van der Waals surface area contributed by atoms with E-state index < -0.39 is 9.84 Å². The van der Waals surface area contributed by atoms with Gasteiger partial charge in [-0.05, 0) is 29.0 Å². The summed E-state index contributed by atoms with van der Waals surface area (Å²) in [5, 5.41) is 11.7. The smallest absolute Gasteiger partial charge is 0.183 e. The first kappa shape index (κ1) is 14.7. The third-order valence-electron chi connectivity index (χ3n) is 2.69. The van der Waals surface area contributed by atoms with Gasteiger partial charge in [-0.2, -0.15) is 0 Å². The fourth-order valence-electron chi connectivity index (χ4n) is 1.75. The molecule has 1 aromatic heterocycles. The number of aryl methyl sites for hydroxylation is 1. The van der Waals surface area contributed by atoms with Crippen molar-refractivity contribution in [2.75, 3.05) is 17.7 Å². The van der Waals surface area contributed by atoms with Crippen LogP contribution in [0.1, 0.15) is 6.42 Å². The normalized spacial score (nSPS) is 11.7. The Bertz CT molecular complexity index is 713. The number of benzene rings is 1. The molecule has 2 N–H and O–H groups in total. The molecule has 20 heavy (non-hydrogen) atoms. The zero-order valence-corrected chi connectivity index (χ0v) is 12.4. The first-order valence-electron chi connectivity index (χ1n) is 5.87. The number of hydrogen-bond donors (Lipinski definition) is 1. The van der Waals surface area contributed by atoms with Gasteiger partial charge < -0.3 is 5.73 Å². The van der Waals surface area contributed by atoms with Crippen LogP contribution >= 0.6 is 11.6 Å². The quantitative estimate of drug-likeness (QED) is 0.826. The van der Waals surface area contributed by atoms with Crippen LogP contribution < -0.4 is 5.73 Å². The molecule has 0 radical (unpaired) electrons. The number of sulfone groups is 1. The highest BCUT2D eigenvalue weighted by molar-refractivity contribution is 7.90. The summed E-state index contributed by atoms with van der Waals surface area (Å²) in [5.41, 5.74) is 6.81. The molecule has 0 aliphatic carbocycles. The summed E-state index contributed by atoms with van der Waals surface area (Å²) in [6, 6.07) is 5.20. The lowest BCUT2D eigenvalue weighted by Crippen LogP contribution is -2.09. The van der Waals surface area contributed by atoms with Crippen LogP contribution in [0, 0.1) is 0 Å². The highest BCUT2D eigenvalue weighted by Crippen LogP contribution is 2.30. The Morgan fingerprint density at radius 3 is 2.85 bits per heavy atom. The van der Waals surface area contributed by atoms with Crippen LogP contribution in [0.2, 0.25) is 5.02 Å². The van der Waals surface area contributed by atoms with Gasteiger partial charge in [-0.15, -0.1) is 5.10 Å². The fourth-order valence-corrected chi connectivity index (χ4v) is 2.61. The van der Waals surface area contributed by atoms with Crippen molar-refractivity contribution < 1.29 is 8.42 Å². The molecule has 0 saturated heterocycles. The maximum absolute atomic E-state index is 11.1. The molecule has 0 unspecified atom stereocenters. The summed E-state index contributed by atoms with van der Waals surface area (Å²) >= 11 is 6.13. The van der Waals surface area contributed by atoms with Crippen molar-refractivity contribution in [1.82, 2.24) is 20.2 Å². The summed E-state index contributed by atoms with van der Waals surface area (Å²) in [7, 11) is -3.00. The molecule has 0 aliphatic heterocycles. The summed E-state index contributed by atoms with van der Waals surface area (Å²) in [6.45, 7) is 0.389. The first-order chi connectivity index (χ1) is 9.38. The second-order valence-corrected chi connectivity index (χ2v) is 7.06. The number of nitrogens with zero attached hydrogens (tertiary/aromatic N) is 4. The molecule has 0 atom stereocenters. The minimum absolute atomic E-state index is 0.0803. The van der Waals surface area contributed by atoms with Gasteiger partial charge in [-0.3, -0.25) is 0 Å². The third kappa shape index (κ3) is 3.45. The van der Waals surface area contributed by atoms with E-state index in [4.69, 9.17) is 17.3 Å². The highest BCUT2D eigenvalue weighted by atomic mass is 35.5. The number of hydrogen-bond acceptors (Lipinski definition) is 6. The zero-order chi connectivity index (χ0) is 14.8. The fraction of sp³-hybridized carbons (Fsp3) is 0.364. The van der Waals surface area contributed by atoms with Crippen molar-refractivity contribution in [3.63, 3.8) is 0 Å². The second kappa shape index (κ2) is 5.76. The van der Waals surface area contributed by atoms with Crippen LogP contribution in [0.4, 0.5) is 5.69 Å². The number of rotatable bonds is 5. The van der Waals surface area contributed by atoms with E-state index in [1.54, 1.807) is 18.2 Å². The van der Waals surface area contributed by atoms with Crippen molar-refractivity contribution in [2.24, 2.45) is 0 Å². The number of nitrogen functional groups attached to an aromatic ring is 1. The summed E-state index contributed by atoms with van der Waals surface area (Å²) in [6.07, 6.45) is 1.62. The average molecular weight is 316 g/mol. The molecule has 0 spiro atoms. The van der Waals surface area contributed by atoms with Gasteiger partial charge in [0, 0.05) is 18.4 Å². The molecule has 0 aliphatic rings. The van der Waals surface area contributed by atoms with E-state index in [-0.39, 0.29) is 5.75 Å². The Kier molecular flexibility index (Phi) is 4.24. The second-order valence-electron chi connectivity index (χ2n) is 4.42. The van der Waals surface area contributed by atoms with Crippen LogP contribution in [0.15, 0.2) is 18.2 Å². The lowest BCUT2D eigenvalue weighted by molar-refractivity contribution is 0.567. The van der Waals surface area contributed by atoms with Crippen molar-refractivity contribution in [2.45, 2.75) is 13.0 Å². The summed E-state index contributed by atoms with van der Waals surface area (Å²) < 4.78 is 23.7. The minimum atomic E-state index is -3.00. The van der Waals surface area contributed by atoms with Crippen molar-refractivity contribution >= 4 is 27.1 Å². The standard InChI is InChI=1S/C11H14ClN5O2S/c1-20(18,19)7-3-6-17-11(14-15-16-17)8-4-2-5-9(13)10(8)12/h2,4-5H,3,6-7,13H2,1H3. The van der Waals surface area contributed by atoms with Crippen molar-refractivity contribution in [3.05, 3.63) is 23.2 Å². The highest BCUT2D eigenvalue weighted by Gasteiger charge is 2.14. The van der Waals surface area contributed by atoms with Gasteiger partial charge >= 0.3 is 0 Å². The van der Waals surface area contributed by atoms with Crippen LogP contribution in [0.5, 0.6) is 0 Å². The van der Waals surface area contributed by atoms with E-state index in [0.29, 0.717) is 35.1 Å². The van der Waals surface area contributed by atoms with E-state index in [1.165, 1.54) is 10.9 Å². The lowest BCUT2D eigenvalue weighted by atomic mass is 10.2. The molecule has 9 heteroatoms. The summed E-state index contributed by atoms with van der Waals surface area (Å²) in [5.74, 6) is 0.549. The molecule has 0 amide bonds. The molecule has 2 rings (SSSR count). The minimum Gasteiger partial charge on any atom is -0.398 e. The van der Waals surface area contributed by atoms with E-state index in [2.05, 4.69) is 15.5 Å². The zero-order valence-electron chi connectivity index (χ0n) is 10.8. The number of anilines is 1. The maximum atomic E-state index is 11.1. The Labute approximate surface area is 121 Å². The van der Waals surface area contributed by atoms with Crippen LogP contribution in [0.3, 0.4) is 0 Å². The molecule has 1 heterocycles. The van der Waals surface area contributed by atoms with E-state index >= 15 is 0 Å². The molecule has 1 aromatic carbocycles. The molecule has 0 fully saturated rings. The van der Waals surface area contributed by atoms with Gasteiger partial charge in [0.25, 0.3) is 0 Å². The van der Waals surface area contributed by atoms with Crippen LogP contribution in [-0.2, 0) is 16.4 Å². The van der Waals surface area contributed by atoms with Crippen molar-refractivity contribution in [3.8, 4) is 11.4 Å². The molecule has 108 valence electrons. The van der Waals surface area contributed by atoms with E-state index in [0.717, 1.165) is 0 Å². The molecule has 0 bridgehead atoms. The largest absolute Gasteiger partial charge is 0.398 e. The number of nitrogens with two attached hydrogens (primary N) is 1. The van der Waals surface area contributed by atoms with Gasteiger partial charge in [0.1, 0.15) is 9.84 Å². The Morgan fingerprint density at radius 1 is 1.40 bits per heavy atom. The third-order valence-corrected chi connectivity index (χ3v) is 4.14. The van der Waals surface area contributed by atoms with Crippen LogP contribution in [-0.4, -0.2) is 40.6 Å². The SMILES string of the molecule is CS(=O)(=O)CCCn1nnnc1-c1cccc(N)c1Cl. The van der Waals surface area contributed by atoms with Gasteiger partial charge in [0.2, 0.25) is 0 Å². The summed E-state index contributed by atoms with van der Waals surface area (Å²) in [4.78, 5) is 0. The molecule has 7 nitrogen and oxygen atoms in total. The predicted octanol–water partition coefficient (Wildman–Crippen LogP) is 1.01. The first-order valence-corrected chi connectivity index (χ1v) is 8.30. The Hall–Kier alpha value is -1.67. The predicted molar refractivity (Wildman–Crippen MR) is 77.0 cm³/mol. The monoisotopic (exact) mass is 315 g/mol. The molecular formula is C11H14ClN5O2S. The van der Waals surface area contributed by atoms with Crippen molar-refractivity contribution in [1.29, 1.82) is 0 Å². The Morgan fingerprint density at radius 2 is 2.15 bits per heavy atom. The topological polar surface area (TPSA) is 104 Å². The maximum Gasteiger partial charge on any atom is 0.183 e. The number of halogens is 1. The van der Waals surface area contributed by atoms with Gasteiger partial charge in [-0.25, -0.2) is 13.1 Å². The molecular weight excluding hydrogens is 302 g/mol. The molecule has 0 saturated carbocycles. The number of aromatic nitrogens is 4. The van der Waals surface area contributed by atoms with Gasteiger partial charge in [0.15, 0.2) is 5.82 Å². The van der Waals surface area contributed by atoms with E-state index in [1.807, 2.05) is 0 Å². The Balaban J connectivity index is 2.22. The number of tetrazole rings is 1. The van der Waals surface area contributed by atoms with Gasteiger partial charge in [-0.1, -0.05) is 17.7 Å². The lowest BCUT2D eigenvalue weighted by Gasteiger charge is -2.07. The molecule has 2 aromatic rings. The van der Waals surface area contributed by atoms with Crippen LogP contribution in [0.25, 0.3) is 11.4 Å². The van der Waals surface area contributed by atoms with Gasteiger partial charge in [0.05, 0.1) is 16.5 Å². The van der Waals surface area contributed by atoms with E-state index in [9.17, 15) is 8.42 Å².